The summed E-state index contributed by atoms with van der Waals surface area (Å²) in [6.07, 6.45) is 1.59. The second kappa shape index (κ2) is 9.11. The molecule has 0 unspecified atom stereocenters. The fourth-order valence-corrected chi connectivity index (χ4v) is 5.11. The molecule has 4 nitrogen and oxygen atoms in total. The summed E-state index contributed by atoms with van der Waals surface area (Å²) in [4.78, 5) is 5.25. The number of hydrogen-bond acceptors (Lipinski definition) is 5. The summed E-state index contributed by atoms with van der Waals surface area (Å²) in [7, 11) is 0. The van der Waals surface area contributed by atoms with Gasteiger partial charge in [0, 0.05) is 30.8 Å². The van der Waals surface area contributed by atoms with Crippen LogP contribution in [0.4, 0.5) is 10.1 Å². The van der Waals surface area contributed by atoms with Gasteiger partial charge in [-0.1, -0.05) is 41.4 Å². The van der Waals surface area contributed by atoms with Crippen molar-refractivity contribution in [2.45, 2.75) is 31.5 Å². The first-order chi connectivity index (χ1) is 13.0. The molecule has 3 aromatic rings. The molecule has 0 aliphatic carbocycles. The number of fused-ring (bicyclic) bond motifs is 1. The molecule has 0 spiro atoms. The lowest BCUT2D eigenvalue weighted by atomic mass is 10.0. The maximum absolute atomic E-state index is 13.9. The van der Waals surface area contributed by atoms with Crippen molar-refractivity contribution in [1.82, 2.24) is 4.98 Å². The molecule has 28 heavy (non-hydrogen) atoms. The number of ether oxygens (including phenoxy) is 1. The maximum atomic E-state index is 13.9. The molecule has 2 atom stereocenters. The average Bonchev–Trinajstić information content (AvgIpc) is 2.98. The van der Waals surface area contributed by atoms with Crippen LogP contribution in [0.5, 0.6) is 0 Å². The van der Waals surface area contributed by atoms with Gasteiger partial charge in [-0.05, 0) is 18.9 Å². The molecule has 3 N–H and O–H groups in total. The lowest BCUT2D eigenvalue weighted by Gasteiger charge is -2.28. The number of nitrogens with one attached hydrogen (secondary N) is 1. The van der Waals surface area contributed by atoms with Crippen molar-refractivity contribution < 1.29 is 9.13 Å². The van der Waals surface area contributed by atoms with Crippen molar-refractivity contribution in [3.05, 3.63) is 56.8 Å². The summed E-state index contributed by atoms with van der Waals surface area (Å²) in [5.41, 5.74) is 8.18. The Bertz CT molecular complexity index is 984. The molecule has 9 heteroatoms. The van der Waals surface area contributed by atoms with Gasteiger partial charge in [-0.15, -0.1) is 23.7 Å². The highest BCUT2D eigenvalue weighted by Crippen LogP contribution is 2.45. The number of thiophene rings is 1. The van der Waals surface area contributed by atoms with Crippen molar-refractivity contribution in [3.63, 3.8) is 0 Å². The summed E-state index contributed by atoms with van der Waals surface area (Å²) in [6.45, 7) is 0.988. The number of anilines is 1. The third-order valence-corrected chi connectivity index (χ3v) is 6.59. The van der Waals surface area contributed by atoms with Crippen molar-refractivity contribution in [2.24, 2.45) is 5.73 Å². The third-order valence-electron chi connectivity index (χ3n) is 4.63. The highest BCUT2D eigenvalue weighted by molar-refractivity contribution is 7.20. The Morgan fingerprint density at radius 3 is 2.86 bits per heavy atom. The first-order valence-electron chi connectivity index (χ1n) is 8.67. The lowest BCUT2D eigenvalue weighted by molar-refractivity contribution is 0.00244. The van der Waals surface area contributed by atoms with Crippen LogP contribution in [0, 0.1) is 5.82 Å². The Labute approximate surface area is 182 Å². The van der Waals surface area contributed by atoms with Gasteiger partial charge in [0.15, 0.2) is 0 Å². The molecular formula is C19H19Cl3FN3OS. The number of nitrogens with two attached hydrogens (primary N) is 1. The Balaban J connectivity index is 0.00000225. The Hall–Kier alpha value is -1.15. The zero-order valence-corrected chi connectivity index (χ0v) is 17.9. The van der Waals surface area contributed by atoms with Gasteiger partial charge in [0.2, 0.25) is 0 Å². The largest absolute Gasteiger partial charge is 0.380 e. The van der Waals surface area contributed by atoms with Gasteiger partial charge < -0.3 is 15.8 Å². The first kappa shape index (κ1) is 21.6. The monoisotopic (exact) mass is 461 g/mol. The van der Waals surface area contributed by atoms with E-state index in [0.717, 1.165) is 28.1 Å². The summed E-state index contributed by atoms with van der Waals surface area (Å²) in [5.74, 6) is -0.257. The quantitative estimate of drug-likeness (QED) is 0.470. The summed E-state index contributed by atoms with van der Waals surface area (Å²) >= 11 is 14.3. The van der Waals surface area contributed by atoms with Crippen LogP contribution in [0.15, 0.2) is 30.3 Å². The Kier molecular flexibility index (Phi) is 7.02. The second-order valence-electron chi connectivity index (χ2n) is 6.49. The van der Waals surface area contributed by atoms with Crippen LogP contribution in [0.3, 0.4) is 0 Å². The molecule has 1 aromatic carbocycles. The van der Waals surface area contributed by atoms with Crippen LogP contribution >= 0.6 is 46.9 Å². The highest BCUT2D eigenvalue weighted by Gasteiger charge is 2.30. The van der Waals surface area contributed by atoms with Gasteiger partial charge >= 0.3 is 0 Å². The fraction of sp³-hybridized carbons (Fsp3) is 0.316. The SMILES string of the molecule is Cl.N[C@@H]1CCCO[C@H]1c1sc2c(NCc3ccccc3F)cc(Cl)nc2c1Cl. The number of pyridine rings is 1. The van der Waals surface area contributed by atoms with Crippen LogP contribution in [-0.2, 0) is 11.3 Å². The minimum atomic E-state index is -0.257. The minimum Gasteiger partial charge on any atom is -0.380 e. The van der Waals surface area contributed by atoms with E-state index in [4.69, 9.17) is 33.7 Å². The molecule has 4 rings (SSSR count). The second-order valence-corrected chi connectivity index (χ2v) is 8.31. The standard InChI is InChI=1S/C19H18Cl2FN3OS.ClH/c20-14-8-13(24-9-10-4-1-2-5-11(10)22)18-16(25-14)15(21)19(27-18)17-12(23)6-3-7-26-17;/h1-2,4-5,8,12,17H,3,6-7,9,23H2,(H,24,25);1H/t12-,17-;/m1./s1. The number of nitrogens with zero attached hydrogens (tertiary/aromatic N) is 1. The predicted molar refractivity (Wildman–Crippen MR) is 117 cm³/mol. The number of rotatable bonds is 4. The molecule has 1 aliphatic heterocycles. The number of aromatic nitrogens is 1. The van der Waals surface area contributed by atoms with Crippen molar-refractivity contribution in [1.29, 1.82) is 0 Å². The molecule has 3 heterocycles. The highest BCUT2D eigenvalue weighted by atomic mass is 35.5. The van der Waals surface area contributed by atoms with E-state index in [1.54, 1.807) is 24.3 Å². The van der Waals surface area contributed by atoms with E-state index in [0.29, 0.717) is 34.4 Å². The van der Waals surface area contributed by atoms with E-state index in [2.05, 4.69) is 10.3 Å². The molecule has 0 amide bonds. The van der Waals surface area contributed by atoms with Crippen LogP contribution in [0.2, 0.25) is 10.2 Å². The Morgan fingerprint density at radius 2 is 2.11 bits per heavy atom. The Morgan fingerprint density at radius 1 is 1.32 bits per heavy atom. The molecule has 150 valence electrons. The van der Waals surface area contributed by atoms with Crippen molar-refractivity contribution in [2.75, 3.05) is 11.9 Å². The molecule has 1 saturated heterocycles. The van der Waals surface area contributed by atoms with E-state index >= 15 is 0 Å². The summed E-state index contributed by atoms with van der Waals surface area (Å²) in [6, 6.07) is 8.27. The van der Waals surface area contributed by atoms with Gasteiger partial charge in [-0.2, -0.15) is 0 Å². The molecule has 1 aliphatic rings. The zero-order chi connectivity index (χ0) is 19.0. The average molecular weight is 463 g/mol. The molecule has 0 saturated carbocycles. The van der Waals surface area contributed by atoms with E-state index < -0.39 is 0 Å². The molecule has 1 fully saturated rings. The van der Waals surface area contributed by atoms with E-state index in [9.17, 15) is 4.39 Å². The first-order valence-corrected chi connectivity index (χ1v) is 10.2. The van der Waals surface area contributed by atoms with Gasteiger partial charge in [-0.25, -0.2) is 9.37 Å². The number of halogens is 4. The van der Waals surface area contributed by atoms with Crippen LogP contribution in [-0.4, -0.2) is 17.6 Å². The normalized spacial score (nSPS) is 19.4. The summed E-state index contributed by atoms with van der Waals surface area (Å²) < 4.78 is 20.6. The molecular weight excluding hydrogens is 444 g/mol. The smallest absolute Gasteiger partial charge is 0.131 e. The van der Waals surface area contributed by atoms with Crippen molar-refractivity contribution >= 4 is 62.8 Å². The van der Waals surface area contributed by atoms with Crippen molar-refractivity contribution in [3.8, 4) is 0 Å². The topological polar surface area (TPSA) is 60.2 Å². The zero-order valence-electron chi connectivity index (χ0n) is 14.8. The van der Waals surface area contributed by atoms with E-state index in [-0.39, 0.29) is 30.4 Å². The molecule has 2 aromatic heterocycles. The van der Waals surface area contributed by atoms with Gasteiger partial charge in [0.05, 0.1) is 20.3 Å². The van der Waals surface area contributed by atoms with Crippen LogP contribution in [0.1, 0.15) is 29.4 Å². The predicted octanol–water partition coefficient (Wildman–Crippen LogP) is 5.95. The van der Waals surface area contributed by atoms with Crippen LogP contribution in [0.25, 0.3) is 10.2 Å². The number of benzene rings is 1. The minimum absolute atomic E-state index is 0. The summed E-state index contributed by atoms with van der Waals surface area (Å²) in [5, 5.41) is 4.10. The maximum Gasteiger partial charge on any atom is 0.131 e. The van der Waals surface area contributed by atoms with E-state index in [1.165, 1.54) is 17.4 Å². The van der Waals surface area contributed by atoms with Gasteiger partial charge in [0.25, 0.3) is 0 Å². The van der Waals surface area contributed by atoms with E-state index in [1.807, 2.05) is 0 Å². The van der Waals surface area contributed by atoms with Gasteiger partial charge in [-0.3, -0.25) is 0 Å². The van der Waals surface area contributed by atoms with Gasteiger partial charge in [0.1, 0.15) is 22.6 Å². The molecule has 0 radical (unpaired) electrons. The molecule has 0 bridgehead atoms. The third kappa shape index (κ3) is 4.22. The fourth-order valence-electron chi connectivity index (χ4n) is 3.25. The number of hydrogen-bond donors (Lipinski definition) is 2. The van der Waals surface area contributed by atoms with Crippen LogP contribution < -0.4 is 11.1 Å². The lowest BCUT2D eigenvalue weighted by Crippen LogP contribution is -2.34.